The average molecular weight is 341 g/mol. The summed E-state index contributed by atoms with van der Waals surface area (Å²) in [5.41, 5.74) is 1.40. The zero-order chi connectivity index (χ0) is 17.7. The lowest BCUT2D eigenvalue weighted by atomic mass is 9.74. The minimum atomic E-state index is -0.400. The smallest absolute Gasteiger partial charge is 0.289 e. The molecular formula is C20H23NO4. The fraction of sp³-hybridized carbons (Fsp3) is 0.500. The molecule has 2 heterocycles. The Labute approximate surface area is 147 Å². The molecule has 1 saturated carbocycles. The number of carbonyl (C=O) groups is 2. The molecule has 0 N–H and O–H groups in total. The topological polar surface area (TPSA) is 55.8 Å². The number of Topliss-reactive ketones (excluding diaryl/α,β-unsaturated/α-hetero) is 1. The molecular weight excluding hydrogens is 318 g/mol. The molecule has 5 nitrogen and oxygen atoms in total. The second-order valence-corrected chi connectivity index (χ2v) is 7.38. The summed E-state index contributed by atoms with van der Waals surface area (Å²) in [6, 6.07) is 7.14. The predicted molar refractivity (Wildman–Crippen MR) is 91.9 cm³/mol. The van der Waals surface area contributed by atoms with Gasteiger partial charge in [0.15, 0.2) is 11.5 Å². The Hall–Kier alpha value is -2.30. The Morgan fingerprint density at radius 2 is 2.04 bits per heavy atom. The second kappa shape index (κ2) is 5.90. The van der Waals surface area contributed by atoms with Crippen molar-refractivity contribution in [1.29, 1.82) is 0 Å². The molecule has 0 aromatic heterocycles. The Bertz CT molecular complexity index is 769. The van der Waals surface area contributed by atoms with Gasteiger partial charge in [-0.1, -0.05) is 19.1 Å². The van der Waals surface area contributed by atoms with Gasteiger partial charge in [-0.05, 0) is 42.9 Å². The summed E-state index contributed by atoms with van der Waals surface area (Å²) >= 11 is 0. The number of methoxy groups -OCH3 is 1. The molecule has 4 atom stereocenters. The lowest BCUT2D eigenvalue weighted by Gasteiger charge is -2.37. The van der Waals surface area contributed by atoms with E-state index in [9.17, 15) is 9.59 Å². The summed E-state index contributed by atoms with van der Waals surface area (Å²) in [6.07, 6.45) is 2.57. The van der Waals surface area contributed by atoms with E-state index in [0.29, 0.717) is 17.2 Å². The predicted octanol–water partition coefficient (Wildman–Crippen LogP) is 2.87. The number of rotatable bonds is 2. The number of hydrogen-bond acceptors (Lipinski definition) is 4. The van der Waals surface area contributed by atoms with Crippen LogP contribution < -0.4 is 4.74 Å². The van der Waals surface area contributed by atoms with Crippen molar-refractivity contribution in [2.75, 3.05) is 14.2 Å². The van der Waals surface area contributed by atoms with Gasteiger partial charge in [0.05, 0.1) is 24.6 Å². The third-order valence-corrected chi connectivity index (χ3v) is 5.75. The number of nitrogens with zero attached hydrogens (tertiary/aromatic N) is 1. The molecule has 25 heavy (non-hydrogen) atoms. The van der Waals surface area contributed by atoms with Crippen LogP contribution in [-0.4, -0.2) is 36.9 Å². The number of hydrogen-bond donors (Lipinski definition) is 0. The maximum absolute atomic E-state index is 13.3. The number of benzene rings is 1. The summed E-state index contributed by atoms with van der Waals surface area (Å²) in [6.45, 7) is 2.18. The number of ether oxygens (including phenoxy) is 2. The number of carbonyl (C=O) groups excluding carboxylic acids is 2. The van der Waals surface area contributed by atoms with Crippen molar-refractivity contribution in [3.05, 3.63) is 41.2 Å². The molecule has 1 fully saturated rings. The third-order valence-electron chi connectivity index (χ3n) is 5.75. The van der Waals surface area contributed by atoms with Crippen LogP contribution in [0, 0.1) is 11.8 Å². The number of fused-ring (bicyclic) bond motifs is 1. The molecule has 5 heteroatoms. The van der Waals surface area contributed by atoms with Gasteiger partial charge in [-0.3, -0.25) is 9.59 Å². The van der Waals surface area contributed by atoms with Gasteiger partial charge in [0.1, 0.15) is 11.9 Å². The van der Waals surface area contributed by atoms with Crippen LogP contribution in [0.5, 0.6) is 5.75 Å². The summed E-state index contributed by atoms with van der Waals surface area (Å²) in [5, 5.41) is 0. The van der Waals surface area contributed by atoms with Crippen LogP contribution in [0.25, 0.3) is 0 Å². The Morgan fingerprint density at radius 1 is 1.24 bits per heavy atom. The molecule has 4 unspecified atom stereocenters. The fourth-order valence-electron chi connectivity index (χ4n) is 4.39. The largest absolute Gasteiger partial charge is 0.497 e. The standard InChI is InChI=1S/C20H23NO4/c1-11-7-8-15-14(9-11)18(22)16-17(21(2)20(23)19(16)25-15)12-5-4-6-13(10-12)24-3/h4-6,10-11,14-15,17H,7-9H2,1-3H3. The molecule has 0 bridgehead atoms. The summed E-state index contributed by atoms with van der Waals surface area (Å²) in [5.74, 6) is 1.24. The van der Waals surface area contributed by atoms with Gasteiger partial charge in [-0.2, -0.15) is 0 Å². The lowest BCUT2D eigenvalue weighted by Crippen LogP contribution is -2.41. The molecule has 1 aromatic carbocycles. The first-order valence-corrected chi connectivity index (χ1v) is 8.87. The van der Waals surface area contributed by atoms with Crippen LogP contribution in [0.3, 0.4) is 0 Å². The van der Waals surface area contributed by atoms with Crippen molar-refractivity contribution in [2.24, 2.45) is 11.8 Å². The van der Waals surface area contributed by atoms with Gasteiger partial charge in [0.2, 0.25) is 0 Å². The van der Waals surface area contributed by atoms with Crippen molar-refractivity contribution in [2.45, 2.75) is 38.3 Å². The van der Waals surface area contributed by atoms with Gasteiger partial charge in [0, 0.05) is 7.05 Å². The summed E-state index contributed by atoms with van der Waals surface area (Å²) in [7, 11) is 3.34. The van der Waals surface area contributed by atoms with Gasteiger partial charge in [-0.25, -0.2) is 0 Å². The highest BCUT2D eigenvalue weighted by Gasteiger charge is 2.51. The summed E-state index contributed by atoms with van der Waals surface area (Å²) in [4.78, 5) is 27.6. The first-order chi connectivity index (χ1) is 12.0. The zero-order valence-electron chi connectivity index (χ0n) is 14.8. The first-order valence-electron chi connectivity index (χ1n) is 8.87. The lowest BCUT2D eigenvalue weighted by molar-refractivity contribution is -0.135. The maximum Gasteiger partial charge on any atom is 0.289 e. The molecule has 0 spiro atoms. The van der Waals surface area contributed by atoms with Crippen LogP contribution in [0.2, 0.25) is 0 Å². The van der Waals surface area contributed by atoms with Gasteiger partial charge < -0.3 is 14.4 Å². The molecule has 1 aromatic rings. The number of likely N-dealkylation sites (N-methyl/N-ethyl adjacent to an activating group) is 1. The third kappa shape index (κ3) is 2.44. The second-order valence-electron chi connectivity index (χ2n) is 7.38. The quantitative estimate of drug-likeness (QED) is 0.830. The molecule has 2 aliphatic heterocycles. The minimum absolute atomic E-state index is 0.0864. The maximum atomic E-state index is 13.3. The van der Waals surface area contributed by atoms with E-state index in [4.69, 9.17) is 9.47 Å². The number of ketones is 1. The molecule has 4 rings (SSSR count). The Morgan fingerprint density at radius 3 is 2.80 bits per heavy atom. The van der Waals surface area contributed by atoms with Crippen LogP contribution in [0.1, 0.15) is 37.8 Å². The van der Waals surface area contributed by atoms with Gasteiger partial charge >= 0.3 is 0 Å². The van der Waals surface area contributed by atoms with Crippen LogP contribution in [-0.2, 0) is 14.3 Å². The molecule has 0 radical (unpaired) electrons. The van der Waals surface area contributed by atoms with Crippen LogP contribution >= 0.6 is 0 Å². The first kappa shape index (κ1) is 16.2. The van der Waals surface area contributed by atoms with Crippen LogP contribution in [0.4, 0.5) is 0 Å². The Balaban J connectivity index is 1.77. The van der Waals surface area contributed by atoms with Crippen molar-refractivity contribution < 1.29 is 19.1 Å². The monoisotopic (exact) mass is 341 g/mol. The van der Waals surface area contributed by atoms with Gasteiger partial charge in [-0.15, -0.1) is 0 Å². The highest BCUT2D eigenvalue weighted by molar-refractivity contribution is 6.11. The number of amides is 1. The molecule has 3 aliphatic rings. The van der Waals surface area contributed by atoms with E-state index in [-0.39, 0.29) is 29.5 Å². The minimum Gasteiger partial charge on any atom is -0.497 e. The van der Waals surface area contributed by atoms with E-state index < -0.39 is 6.04 Å². The highest BCUT2D eigenvalue weighted by Crippen LogP contribution is 2.47. The van der Waals surface area contributed by atoms with E-state index >= 15 is 0 Å². The normalized spacial score (nSPS) is 31.6. The SMILES string of the molecule is COc1cccc(C2C3=C(OC4CCC(C)CC4C3=O)C(=O)N2C)c1. The van der Waals surface area contributed by atoms with Crippen molar-refractivity contribution in [3.8, 4) is 5.75 Å². The zero-order valence-corrected chi connectivity index (χ0v) is 14.8. The summed E-state index contributed by atoms with van der Waals surface area (Å²) < 4.78 is 11.4. The van der Waals surface area contributed by atoms with Crippen molar-refractivity contribution in [3.63, 3.8) is 0 Å². The van der Waals surface area contributed by atoms with Crippen LogP contribution in [0.15, 0.2) is 35.6 Å². The highest BCUT2D eigenvalue weighted by atomic mass is 16.5. The molecule has 1 amide bonds. The fourth-order valence-corrected chi connectivity index (χ4v) is 4.39. The molecule has 0 saturated heterocycles. The van der Waals surface area contributed by atoms with E-state index in [1.54, 1.807) is 19.1 Å². The van der Waals surface area contributed by atoms with Crippen molar-refractivity contribution in [1.82, 2.24) is 4.90 Å². The molecule has 132 valence electrons. The van der Waals surface area contributed by atoms with Crippen molar-refractivity contribution >= 4 is 11.7 Å². The van der Waals surface area contributed by atoms with E-state index in [1.807, 2.05) is 24.3 Å². The van der Waals surface area contributed by atoms with E-state index in [0.717, 1.165) is 24.8 Å². The van der Waals surface area contributed by atoms with Gasteiger partial charge in [0.25, 0.3) is 5.91 Å². The Kier molecular flexibility index (Phi) is 3.82. The van der Waals surface area contributed by atoms with E-state index in [1.165, 1.54) is 0 Å². The van der Waals surface area contributed by atoms with E-state index in [2.05, 4.69) is 6.92 Å². The average Bonchev–Trinajstić information content (AvgIpc) is 2.87. The molecule has 1 aliphatic carbocycles.